The number of fused-ring (bicyclic) bond motifs is 9. The van der Waals surface area contributed by atoms with Crippen LogP contribution in [-0.4, -0.2) is 24.9 Å². The summed E-state index contributed by atoms with van der Waals surface area (Å²) in [4.78, 5) is 24.2. The maximum Gasteiger partial charge on any atom is 0.167 e. The van der Waals surface area contributed by atoms with Gasteiger partial charge in [-0.05, 0) is 99.1 Å². The molecule has 5 heterocycles. The van der Waals surface area contributed by atoms with Gasteiger partial charge in [-0.3, -0.25) is 0 Å². The van der Waals surface area contributed by atoms with E-state index in [9.17, 15) is 0 Å². The quantitative estimate of drug-likeness (QED) is 0.163. The molecule has 75 heavy (non-hydrogen) atoms. The second-order valence-electron chi connectivity index (χ2n) is 19.0. The van der Waals surface area contributed by atoms with Gasteiger partial charge in [0.15, 0.2) is 17.5 Å². The summed E-state index contributed by atoms with van der Waals surface area (Å²) in [6.07, 6.45) is 1.99. The van der Waals surface area contributed by atoms with Crippen LogP contribution in [0.1, 0.15) is 0 Å². The zero-order valence-corrected chi connectivity index (χ0v) is 40.2. The molecule has 0 saturated heterocycles. The summed E-state index contributed by atoms with van der Waals surface area (Å²) < 4.78 is 12.9. The predicted molar refractivity (Wildman–Crippen MR) is 305 cm³/mol. The largest absolute Gasteiger partial charge is 0.456 e. The number of hydrogen-bond acceptors (Lipinski definition) is 6. The number of nitrogens with zero attached hydrogens (tertiary/aromatic N) is 4. The number of hydrogen-bond donors (Lipinski definition) is 1. The van der Waals surface area contributed by atoms with Crippen LogP contribution in [0.25, 0.3) is 156 Å². The normalized spacial score (nSPS) is 11.7. The standard InChI is InChI=1S/C68H41N5O2/c1-3-13-44(14-4-1)57-40-58(70-64-53(57)34-33-45-35-36-69-63(45)64)50-38-48(37-49(39-50)51-19-12-24-61-62(51)55-18-8-10-23-60(55)74-61)43-27-25-41(26-28-43)42-29-31-47(32-30-42)67-71-66(46-15-5-2-6-16-46)72-68(73-67)56-21-11-20-54-52-17-7-9-22-59(52)75-65(54)56/h1-40,69H. The molecule has 10 aromatic carbocycles. The van der Waals surface area contributed by atoms with Gasteiger partial charge in [-0.1, -0.05) is 182 Å². The zero-order valence-electron chi connectivity index (χ0n) is 40.2. The molecule has 0 atom stereocenters. The van der Waals surface area contributed by atoms with Crippen molar-refractivity contribution in [2.75, 3.05) is 0 Å². The summed E-state index contributed by atoms with van der Waals surface area (Å²) in [7, 11) is 0. The van der Waals surface area contributed by atoms with Crippen molar-refractivity contribution in [3.8, 4) is 89.9 Å². The van der Waals surface area contributed by atoms with Crippen molar-refractivity contribution in [1.82, 2.24) is 24.9 Å². The van der Waals surface area contributed by atoms with Gasteiger partial charge in [-0.2, -0.15) is 0 Å². The SMILES string of the molecule is c1ccc(-c2nc(-c3ccc(-c4ccc(-c5cc(-c6cc(-c7ccccc7)c7ccc8cc[nH]c8c7n6)cc(-c6cccc7oc8ccccc8c67)c5)cc4)cc3)nc(-c3cccc4c3oc3ccccc34)n2)cc1. The number of aromatic amines is 1. The molecule has 15 rings (SSSR count). The molecule has 0 aliphatic carbocycles. The monoisotopic (exact) mass is 959 g/mol. The molecule has 1 N–H and O–H groups in total. The van der Waals surface area contributed by atoms with Crippen LogP contribution in [0, 0.1) is 0 Å². The molecule has 0 radical (unpaired) electrons. The van der Waals surface area contributed by atoms with Gasteiger partial charge in [-0.25, -0.2) is 19.9 Å². The third-order valence-corrected chi connectivity index (χ3v) is 14.5. The maximum absolute atomic E-state index is 6.44. The van der Waals surface area contributed by atoms with Gasteiger partial charge >= 0.3 is 0 Å². The van der Waals surface area contributed by atoms with E-state index in [2.05, 4.69) is 169 Å². The summed E-state index contributed by atoms with van der Waals surface area (Å²) in [6, 6.07) is 82.4. The Morgan fingerprint density at radius 2 is 0.867 bits per heavy atom. The van der Waals surface area contributed by atoms with Gasteiger partial charge in [-0.15, -0.1) is 0 Å². The van der Waals surface area contributed by atoms with Crippen LogP contribution in [0.2, 0.25) is 0 Å². The van der Waals surface area contributed by atoms with Crippen LogP contribution in [0.4, 0.5) is 0 Å². The lowest BCUT2D eigenvalue weighted by molar-refractivity contribution is 0.669. The molecule has 0 fully saturated rings. The fourth-order valence-corrected chi connectivity index (χ4v) is 10.9. The van der Waals surface area contributed by atoms with Crippen molar-refractivity contribution in [3.63, 3.8) is 0 Å². The molecule has 0 aliphatic rings. The highest BCUT2D eigenvalue weighted by molar-refractivity contribution is 6.14. The highest BCUT2D eigenvalue weighted by Gasteiger charge is 2.20. The van der Waals surface area contributed by atoms with Crippen molar-refractivity contribution in [1.29, 1.82) is 0 Å². The van der Waals surface area contributed by atoms with E-state index < -0.39 is 0 Å². The topological polar surface area (TPSA) is 93.6 Å². The van der Waals surface area contributed by atoms with Crippen LogP contribution >= 0.6 is 0 Å². The third kappa shape index (κ3) is 7.28. The molecule has 7 heteroatoms. The Balaban J connectivity index is 0.832. The van der Waals surface area contributed by atoms with Gasteiger partial charge in [0.05, 0.1) is 22.3 Å². The van der Waals surface area contributed by atoms with E-state index in [-0.39, 0.29) is 0 Å². The van der Waals surface area contributed by atoms with Gasteiger partial charge < -0.3 is 13.8 Å². The lowest BCUT2D eigenvalue weighted by Crippen LogP contribution is -2.00. The molecule has 15 aromatic rings. The molecular weight excluding hydrogens is 919 g/mol. The molecular formula is C68H41N5O2. The van der Waals surface area contributed by atoms with Crippen LogP contribution < -0.4 is 0 Å². The van der Waals surface area contributed by atoms with Crippen molar-refractivity contribution in [2.45, 2.75) is 0 Å². The molecule has 0 aliphatic heterocycles. The number of benzene rings is 10. The number of aromatic nitrogens is 5. The number of para-hydroxylation sites is 3. The average Bonchev–Trinajstić information content (AvgIpc) is 4.24. The van der Waals surface area contributed by atoms with Crippen LogP contribution in [0.15, 0.2) is 252 Å². The molecule has 7 nitrogen and oxygen atoms in total. The Bertz CT molecular complexity index is 4690. The van der Waals surface area contributed by atoms with Gasteiger partial charge in [0.2, 0.25) is 0 Å². The maximum atomic E-state index is 6.44. The second kappa shape index (κ2) is 17.2. The fraction of sp³-hybridized carbons (Fsp3) is 0. The first-order chi connectivity index (χ1) is 37.1. The summed E-state index contributed by atoms with van der Waals surface area (Å²) >= 11 is 0. The van der Waals surface area contributed by atoms with E-state index in [1.807, 2.05) is 79.0 Å². The van der Waals surface area contributed by atoms with Gasteiger partial charge in [0, 0.05) is 55.2 Å². The molecule has 0 unspecified atom stereocenters. The Kier molecular flexibility index (Phi) is 9.75. The average molecular weight is 960 g/mol. The Labute approximate surface area is 430 Å². The second-order valence-corrected chi connectivity index (χ2v) is 19.0. The molecule has 5 aromatic heterocycles. The van der Waals surface area contributed by atoms with E-state index in [1.165, 1.54) is 0 Å². The van der Waals surface area contributed by atoms with Crippen molar-refractivity contribution in [3.05, 3.63) is 243 Å². The van der Waals surface area contributed by atoms with E-state index in [0.29, 0.717) is 17.5 Å². The molecule has 0 saturated carbocycles. The number of H-pyrrole nitrogens is 1. The molecule has 0 bridgehead atoms. The van der Waals surface area contributed by atoms with E-state index in [1.54, 1.807) is 0 Å². The number of rotatable bonds is 8. The first-order valence-electron chi connectivity index (χ1n) is 25.1. The highest BCUT2D eigenvalue weighted by Crippen LogP contribution is 2.43. The summed E-state index contributed by atoms with van der Waals surface area (Å²) in [5.41, 5.74) is 18.5. The molecule has 0 amide bonds. The minimum atomic E-state index is 0.552. The Morgan fingerprint density at radius 1 is 0.307 bits per heavy atom. The first kappa shape index (κ1) is 42.4. The molecule has 0 spiro atoms. The minimum absolute atomic E-state index is 0.552. The third-order valence-electron chi connectivity index (χ3n) is 14.5. The number of furan rings is 2. The lowest BCUT2D eigenvalue weighted by atomic mass is 9.91. The summed E-state index contributed by atoms with van der Waals surface area (Å²) in [6.45, 7) is 0. The van der Waals surface area contributed by atoms with Crippen LogP contribution in [0.5, 0.6) is 0 Å². The number of pyridine rings is 1. The Morgan fingerprint density at radius 3 is 1.63 bits per heavy atom. The summed E-state index contributed by atoms with van der Waals surface area (Å²) in [5.74, 6) is 1.73. The van der Waals surface area contributed by atoms with Crippen molar-refractivity contribution >= 4 is 65.7 Å². The van der Waals surface area contributed by atoms with Crippen LogP contribution in [-0.2, 0) is 0 Å². The lowest BCUT2D eigenvalue weighted by Gasteiger charge is -2.15. The number of nitrogens with one attached hydrogen (secondary N) is 1. The van der Waals surface area contributed by atoms with E-state index >= 15 is 0 Å². The highest BCUT2D eigenvalue weighted by atomic mass is 16.3. The minimum Gasteiger partial charge on any atom is -0.456 e. The Hall–Kier alpha value is -10.2. The fourth-order valence-electron chi connectivity index (χ4n) is 10.9. The zero-order chi connectivity index (χ0) is 49.4. The van der Waals surface area contributed by atoms with E-state index in [0.717, 1.165) is 138 Å². The van der Waals surface area contributed by atoms with Crippen molar-refractivity contribution < 1.29 is 8.83 Å². The molecule has 350 valence electrons. The van der Waals surface area contributed by atoms with Gasteiger partial charge in [0.25, 0.3) is 0 Å². The smallest absolute Gasteiger partial charge is 0.167 e. The first-order valence-corrected chi connectivity index (χ1v) is 25.1. The predicted octanol–water partition coefficient (Wildman–Crippen LogP) is 18.0. The van der Waals surface area contributed by atoms with Gasteiger partial charge in [0.1, 0.15) is 22.3 Å². The van der Waals surface area contributed by atoms with Crippen molar-refractivity contribution in [2.24, 2.45) is 0 Å². The summed E-state index contributed by atoms with van der Waals surface area (Å²) in [5, 5.41) is 6.48. The van der Waals surface area contributed by atoms with E-state index in [4.69, 9.17) is 28.8 Å². The van der Waals surface area contributed by atoms with Crippen LogP contribution in [0.3, 0.4) is 0 Å².